The largest absolute Gasteiger partial charge is 0.480 e. The minimum absolute atomic E-state index is 0. The van der Waals surface area contributed by atoms with Gasteiger partial charge in [-0.15, -0.1) is 12.4 Å². The first kappa shape index (κ1) is 17.2. The molecule has 3 N–H and O–H groups in total. The number of unbranched alkanes of at least 4 members (excludes halogenated alkanes) is 1. The van der Waals surface area contributed by atoms with Crippen molar-refractivity contribution < 1.29 is 9.90 Å². The van der Waals surface area contributed by atoms with Crippen LogP contribution < -0.4 is 5.73 Å². The Labute approximate surface area is 119 Å². The zero-order valence-electron chi connectivity index (χ0n) is 10.4. The molecule has 0 radical (unpaired) electrons. The summed E-state index contributed by atoms with van der Waals surface area (Å²) in [5, 5.41) is 9.86. The maximum Gasteiger partial charge on any atom is 0.324 e. The van der Waals surface area contributed by atoms with Crippen molar-refractivity contribution in [3.63, 3.8) is 0 Å². The predicted octanol–water partition coefficient (Wildman–Crippen LogP) is 3.28. The molecule has 1 atom stereocenters. The van der Waals surface area contributed by atoms with E-state index in [0.717, 1.165) is 18.4 Å². The summed E-state index contributed by atoms with van der Waals surface area (Å²) in [4.78, 5) is 11.2. The second kappa shape index (κ2) is 7.62. The van der Waals surface area contributed by atoms with Gasteiger partial charge in [-0.1, -0.05) is 43.5 Å². The molecule has 5 heteroatoms. The summed E-state index contributed by atoms with van der Waals surface area (Å²) < 4.78 is 0. The Morgan fingerprint density at radius 1 is 1.39 bits per heavy atom. The molecule has 0 aliphatic carbocycles. The van der Waals surface area contributed by atoms with Gasteiger partial charge in [0.25, 0.3) is 0 Å². The molecule has 0 amide bonds. The van der Waals surface area contributed by atoms with Crippen LogP contribution in [0.25, 0.3) is 0 Å². The van der Waals surface area contributed by atoms with Gasteiger partial charge in [-0.2, -0.15) is 0 Å². The lowest BCUT2D eigenvalue weighted by molar-refractivity contribution is -0.143. The van der Waals surface area contributed by atoms with Crippen LogP contribution in [-0.2, 0) is 11.2 Å². The van der Waals surface area contributed by atoms with Crippen LogP contribution in [0, 0.1) is 0 Å². The van der Waals surface area contributed by atoms with Crippen LogP contribution in [0.2, 0.25) is 5.02 Å². The lowest BCUT2D eigenvalue weighted by Gasteiger charge is -2.24. The minimum atomic E-state index is -1.18. The fourth-order valence-corrected chi connectivity index (χ4v) is 1.86. The monoisotopic (exact) mass is 291 g/mol. The van der Waals surface area contributed by atoms with Crippen molar-refractivity contribution >= 4 is 30.0 Å². The molecule has 0 fully saturated rings. The quantitative estimate of drug-likeness (QED) is 0.845. The van der Waals surface area contributed by atoms with Gasteiger partial charge in [0.05, 0.1) is 0 Å². The fourth-order valence-electron chi connectivity index (χ4n) is 1.73. The van der Waals surface area contributed by atoms with E-state index in [4.69, 9.17) is 17.3 Å². The summed E-state index contributed by atoms with van der Waals surface area (Å²) in [7, 11) is 0. The second-order valence-electron chi connectivity index (χ2n) is 4.37. The van der Waals surface area contributed by atoms with E-state index < -0.39 is 11.5 Å². The summed E-state index contributed by atoms with van der Waals surface area (Å²) >= 11 is 5.78. The number of hydrogen-bond donors (Lipinski definition) is 2. The van der Waals surface area contributed by atoms with Crippen LogP contribution in [-0.4, -0.2) is 16.6 Å². The lowest BCUT2D eigenvalue weighted by Crippen LogP contribution is -2.49. The summed E-state index contributed by atoms with van der Waals surface area (Å²) in [5.41, 5.74) is 5.69. The average Bonchev–Trinajstić information content (AvgIpc) is 2.29. The van der Waals surface area contributed by atoms with Gasteiger partial charge in [0, 0.05) is 11.4 Å². The summed E-state index contributed by atoms with van der Waals surface area (Å²) in [6.07, 6.45) is 2.57. The van der Waals surface area contributed by atoms with E-state index in [-0.39, 0.29) is 12.4 Å². The molecule has 0 bridgehead atoms. The van der Waals surface area contributed by atoms with E-state index in [0.29, 0.717) is 17.9 Å². The Balaban J connectivity index is 0.00000289. The highest BCUT2D eigenvalue weighted by Crippen LogP contribution is 2.19. The number of carboxylic acid groups (broad SMARTS) is 1. The molecular weight excluding hydrogens is 273 g/mol. The molecule has 0 saturated carbocycles. The van der Waals surface area contributed by atoms with Crippen molar-refractivity contribution in [1.82, 2.24) is 0 Å². The van der Waals surface area contributed by atoms with Gasteiger partial charge in [0.2, 0.25) is 0 Å². The predicted molar refractivity (Wildman–Crippen MR) is 76.5 cm³/mol. The molecule has 0 heterocycles. The number of aliphatic carboxylic acids is 1. The SMILES string of the molecule is CCCC[C@@](N)(Cc1ccc(Cl)cc1)C(=O)O.Cl. The summed E-state index contributed by atoms with van der Waals surface area (Å²) in [6.45, 7) is 2.02. The van der Waals surface area contributed by atoms with Crippen molar-refractivity contribution in [3.05, 3.63) is 34.9 Å². The number of benzene rings is 1. The van der Waals surface area contributed by atoms with Crippen molar-refractivity contribution in [2.45, 2.75) is 38.1 Å². The standard InChI is InChI=1S/C13H18ClNO2.ClH/c1-2-3-8-13(15,12(16)17)9-10-4-6-11(14)7-5-10;/h4-7H,2-3,8-9,15H2,1H3,(H,16,17);1H/t13-;/m1./s1. The van der Waals surface area contributed by atoms with Crippen LogP contribution in [0.3, 0.4) is 0 Å². The molecule has 0 spiro atoms. The van der Waals surface area contributed by atoms with Gasteiger partial charge < -0.3 is 10.8 Å². The van der Waals surface area contributed by atoms with E-state index in [1.54, 1.807) is 12.1 Å². The van der Waals surface area contributed by atoms with Gasteiger partial charge >= 0.3 is 5.97 Å². The molecule has 3 nitrogen and oxygen atoms in total. The summed E-state index contributed by atoms with van der Waals surface area (Å²) in [5.74, 6) is -0.944. The molecule has 0 saturated heterocycles. The molecule has 0 aromatic heterocycles. The van der Waals surface area contributed by atoms with E-state index in [1.807, 2.05) is 19.1 Å². The molecule has 1 aromatic rings. The molecular formula is C13H19Cl2NO2. The Morgan fingerprint density at radius 2 is 1.94 bits per heavy atom. The van der Waals surface area contributed by atoms with Gasteiger partial charge in [-0.25, -0.2) is 0 Å². The minimum Gasteiger partial charge on any atom is -0.480 e. The van der Waals surface area contributed by atoms with Crippen LogP contribution in [0.4, 0.5) is 0 Å². The number of hydrogen-bond acceptors (Lipinski definition) is 2. The highest BCUT2D eigenvalue weighted by Gasteiger charge is 2.33. The molecule has 0 aliphatic heterocycles. The number of carbonyl (C=O) groups is 1. The van der Waals surface area contributed by atoms with Crippen molar-refractivity contribution in [1.29, 1.82) is 0 Å². The highest BCUT2D eigenvalue weighted by molar-refractivity contribution is 6.30. The van der Waals surface area contributed by atoms with Crippen LogP contribution in [0.15, 0.2) is 24.3 Å². The number of halogens is 2. The van der Waals surface area contributed by atoms with Crippen LogP contribution in [0.5, 0.6) is 0 Å². The lowest BCUT2D eigenvalue weighted by atomic mass is 9.87. The third kappa shape index (κ3) is 4.84. The molecule has 0 aliphatic rings. The maximum absolute atomic E-state index is 11.2. The average molecular weight is 292 g/mol. The number of nitrogens with two attached hydrogens (primary N) is 1. The zero-order chi connectivity index (χ0) is 12.9. The molecule has 0 unspecified atom stereocenters. The normalized spacial score (nSPS) is 13.5. The molecule has 1 rings (SSSR count). The van der Waals surface area contributed by atoms with Gasteiger partial charge in [-0.05, 0) is 24.1 Å². The molecule has 1 aromatic carbocycles. The third-order valence-corrected chi connectivity index (χ3v) is 3.09. The number of rotatable bonds is 6. The topological polar surface area (TPSA) is 63.3 Å². The second-order valence-corrected chi connectivity index (χ2v) is 4.80. The Kier molecular flexibility index (Phi) is 7.29. The van der Waals surface area contributed by atoms with E-state index in [9.17, 15) is 9.90 Å². The Hall–Kier alpha value is -0.770. The summed E-state index contributed by atoms with van der Waals surface area (Å²) in [6, 6.07) is 7.13. The zero-order valence-corrected chi connectivity index (χ0v) is 11.9. The van der Waals surface area contributed by atoms with Crippen molar-refractivity contribution in [2.75, 3.05) is 0 Å². The highest BCUT2D eigenvalue weighted by atomic mass is 35.5. The van der Waals surface area contributed by atoms with E-state index in [2.05, 4.69) is 0 Å². The molecule has 102 valence electrons. The van der Waals surface area contributed by atoms with Gasteiger partial charge in [0.15, 0.2) is 0 Å². The van der Waals surface area contributed by atoms with E-state index >= 15 is 0 Å². The van der Waals surface area contributed by atoms with E-state index in [1.165, 1.54) is 0 Å². The first-order valence-corrected chi connectivity index (χ1v) is 6.12. The Morgan fingerprint density at radius 3 is 2.39 bits per heavy atom. The third-order valence-electron chi connectivity index (χ3n) is 2.84. The number of carboxylic acids is 1. The van der Waals surface area contributed by atoms with Crippen molar-refractivity contribution in [3.8, 4) is 0 Å². The Bertz CT molecular complexity index is 381. The van der Waals surface area contributed by atoms with Crippen LogP contribution in [0.1, 0.15) is 31.7 Å². The fraction of sp³-hybridized carbons (Fsp3) is 0.462. The van der Waals surface area contributed by atoms with Gasteiger partial charge in [-0.3, -0.25) is 4.79 Å². The maximum atomic E-state index is 11.2. The van der Waals surface area contributed by atoms with Gasteiger partial charge in [0.1, 0.15) is 5.54 Å². The van der Waals surface area contributed by atoms with Crippen molar-refractivity contribution in [2.24, 2.45) is 5.73 Å². The first-order valence-electron chi connectivity index (χ1n) is 5.74. The first-order chi connectivity index (χ1) is 7.98. The molecule has 18 heavy (non-hydrogen) atoms. The smallest absolute Gasteiger partial charge is 0.324 e. The van der Waals surface area contributed by atoms with Crippen LogP contribution >= 0.6 is 24.0 Å².